The van der Waals surface area contributed by atoms with E-state index in [9.17, 15) is 10.1 Å². The Morgan fingerprint density at radius 1 is 1.38 bits per heavy atom. The van der Waals surface area contributed by atoms with Crippen molar-refractivity contribution in [1.82, 2.24) is 0 Å². The van der Waals surface area contributed by atoms with Gasteiger partial charge >= 0.3 is 16.9 Å². The number of hydrogen-bond donors (Lipinski definition) is 0. The van der Waals surface area contributed by atoms with Crippen molar-refractivity contribution < 1.29 is 9.50 Å². The molecule has 70 valence electrons. The Labute approximate surface area is 76.4 Å². The molecule has 0 aliphatic carbocycles. The number of hydroxylamine groups is 1. The minimum Gasteiger partial charge on any atom is -0.618 e. The number of nitrogens with zero attached hydrogens (tertiary/aromatic N) is 3. The fourth-order valence-electron chi connectivity index (χ4n) is 1.57. The van der Waals surface area contributed by atoms with E-state index in [1.165, 1.54) is 13.8 Å². The Morgan fingerprint density at radius 3 is 2.00 bits per heavy atom. The summed E-state index contributed by atoms with van der Waals surface area (Å²) in [5, 5.41) is 20.2. The minimum absolute atomic E-state index is 0.0347. The Balaban J connectivity index is 3.43. The van der Waals surface area contributed by atoms with Crippen LogP contribution in [0.25, 0.3) is 0 Å². The highest BCUT2D eigenvalue weighted by atomic mass is 16.5. The van der Waals surface area contributed by atoms with Gasteiger partial charge in [-0.25, -0.2) is 0 Å². The zero-order valence-corrected chi connectivity index (χ0v) is 8.16. The molecule has 13 heavy (non-hydrogen) atoms. The molecule has 0 amide bonds. The third kappa shape index (κ3) is 0.949. The first-order valence-electron chi connectivity index (χ1n) is 3.98. The molecule has 0 unspecified atom stereocenters. The summed E-state index contributed by atoms with van der Waals surface area (Å²) in [5.41, 5.74) is -2.25. The van der Waals surface area contributed by atoms with Crippen molar-refractivity contribution >= 4 is 5.71 Å². The quantitative estimate of drug-likeness (QED) is 0.410. The Bertz CT molecular complexity index is 347. The second-order valence-corrected chi connectivity index (χ2v) is 4.10. The van der Waals surface area contributed by atoms with Crippen LogP contribution in [0, 0.1) is 21.4 Å². The fourth-order valence-corrected chi connectivity index (χ4v) is 1.57. The van der Waals surface area contributed by atoms with Crippen LogP contribution in [-0.4, -0.2) is 26.4 Å². The van der Waals surface area contributed by atoms with Crippen LogP contribution in [0.2, 0.25) is 0 Å². The van der Waals surface area contributed by atoms with E-state index in [0.717, 1.165) is 0 Å². The van der Waals surface area contributed by atoms with Crippen molar-refractivity contribution in [2.24, 2.45) is 0 Å². The van der Waals surface area contributed by atoms with Crippen LogP contribution in [-0.2, 0) is 0 Å². The van der Waals surface area contributed by atoms with Crippen molar-refractivity contribution in [3.8, 4) is 6.07 Å². The van der Waals surface area contributed by atoms with Crippen LogP contribution in [0.3, 0.4) is 0 Å². The van der Waals surface area contributed by atoms with Crippen LogP contribution < -0.4 is 0 Å². The molecular formula is C8H12N3O2+. The van der Waals surface area contributed by atoms with E-state index in [-0.39, 0.29) is 5.71 Å². The lowest BCUT2D eigenvalue weighted by atomic mass is 10.0. The monoisotopic (exact) mass is 182 g/mol. The average Bonchev–Trinajstić information content (AvgIpc) is 2.12. The van der Waals surface area contributed by atoms with Crippen LogP contribution in [0.1, 0.15) is 27.7 Å². The zero-order chi connectivity index (χ0) is 10.4. The molecule has 1 aliphatic heterocycles. The first-order valence-corrected chi connectivity index (χ1v) is 3.98. The summed E-state index contributed by atoms with van der Waals surface area (Å²) >= 11 is 0. The maximum atomic E-state index is 11.6. The van der Waals surface area contributed by atoms with Gasteiger partial charge in [0.25, 0.3) is 0 Å². The number of nitroso groups, excluding NO2 is 1. The van der Waals surface area contributed by atoms with Crippen LogP contribution in [0.4, 0.5) is 0 Å². The smallest absolute Gasteiger partial charge is 0.402 e. The number of hydrogen-bond acceptors (Lipinski definition) is 3. The van der Waals surface area contributed by atoms with Crippen LogP contribution in [0.15, 0.2) is 0 Å². The molecule has 0 saturated carbocycles. The van der Waals surface area contributed by atoms with Crippen molar-refractivity contribution in [3.05, 3.63) is 10.1 Å². The van der Waals surface area contributed by atoms with E-state index in [2.05, 4.69) is 0 Å². The largest absolute Gasteiger partial charge is 0.618 e. The zero-order valence-electron chi connectivity index (χ0n) is 8.16. The van der Waals surface area contributed by atoms with Gasteiger partial charge in [-0.2, -0.15) is 5.26 Å². The Hall–Kier alpha value is -1.44. The second kappa shape index (κ2) is 2.28. The molecule has 0 aromatic carbocycles. The van der Waals surface area contributed by atoms with Crippen molar-refractivity contribution in [3.63, 3.8) is 0 Å². The van der Waals surface area contributed by atoms with E-state index in [1.54, 1.807) is 19.9 Å². The fraction of sp³-hybridized carbons (Fsp3) is 0.750. The molecule has 1 heterocycles. The molecule has 0 saturated heterocycles. The number of rotatable bonds is 0. The summed E-state index contributed by atoms with van der Waals surface area (Å²) in [6.07, 6.45) is 0. The molecule has 0 spiro atoms. The lowest BCUT2D eigenvalue weighted by Crippen LogP contribution is -2.44. The van der Waals surface area contributed by atoms with E-state index < -0.39 is 11.2 Å². The van der Waals surface area contributed by atoms with Gasteiger partial charge in [-0.1, -0.05) is 0 Å². The molecular weight excluding hydrogens is 170 g/mol. The topological polar surface area (TPSA) is 69.9 Å². The molecule has 0 radical (unpaired) electrons. The molecule has 1 aliphatic rings. The van der Waals surface area contributed by atoms with E-state index in [4.69, 9.17) is 5.26 Å². The standard InChI is InChI=1S/C8H12N3O2/c1-7(2)6(5-9)10(12)8(3,4)11(7)13/h1-4H3/q+1. The number of nitriles is 1. The SMILES string of the molecule is CC1(C)C(C#N)=[N+]([O-])C(C)(C)[N+]1=O. The highest BCUT2D eigenvalue weighted by Crippen LogP contribution is 2.28. The van der Waals surface area contributed by atoms with Gasteiger partial charge in [-0.05, 0) is 0 Å². The second-order valence-electron chi connectivity index (χ2n) is 4.10. The van der Waals surface area contributed by atoms with Crippen LogP contribution in [0.5, 0.6) is 0 Å². The van der Waals surface area contributed by atoms with Gasteiger partial charge in [0.05, 0.1) is 18.6 Å². The summed E-state index contributed by atoms with van der Waals surface area (Å²) in [7, 11) is 0. The van der Waals surface area contributed by atoms with Crippen molar-refractivity contribution in [2.75, 3.05) is 0 Å². The molecule has 5 heteroatoms. The summed E-state index contributed by atoms with van der Waals surface area (Å²) < 4.78 is 1.14. The maximum absolute atomic E-state index is 11.6. The third-order valence-electron chi connectivity index (χ3n) is 2.39. The summed E-state index contributed by atoms with van der Waals surface area (Å²) in [6.45, 7) is 6.13. The van der Waals surface area contributed by atoms with Gasteiger partial charge < -0.3 is 5.21 Å². The van der Waals surface area contributed by atoms with Gasteiger partial charge in [0.2, 0.25) is 0 Å². The van der Waals surface area contributed by atoms with Crippen molar-refractivity contribution in [1.29, 1.82) is 5.26 Å². The van der Waals surface area contributed by atoms with E-state index in [1.807, 2.05) is 0 Å². The highest BCUT2D eigenvalue weighted by molar-refractivity contribution is 6.01. The molecule has 0 bridgehead atoms. The normalized spacial score (nSPS) is 24.7. The average molecular weight is 182 g/mol. The minimum atomic E-state index is -1.19. The van der Waals surface area contributed by atoms with Crippen LogP contribution >= 0.6 is 0 Å². The van der Waals surface area contributed by atoms with Gasteiger partial charge in [0, 0.05) is 18.8 Å². The lowest BCUT2D eigenvalue weighted by Gasteiger charge is -2.09. The van der Waals surface area contributed by atoms with E-state index in [0.29, 0.717) is 9.50 Å². The third-order valence-corrected chi connectivity index (χ3v) is 2.39. The first-order chi connectivity index (χ1) is 5.76. The summed E-state index contributed by atoms with van der Waals surface area (Å²) in [6, 6.07) is 1.78. The molecule has 0 aromatic rings. The maximum Gasteiger partial charge on any atom is 0.402 e. The van der Waals surface area contributed by atoms with Crippen molar-refractivity contribution in [2.45, 2.75) is 38.9 Å². The van der Waals surface area contributed by atoms with Gasteiger partial charge in [-0.3, -0.25) is 0 Å². The summed E-state index contributed by atoms with van der Waals surface area (Å²) in [4.78, 5) is 11.6. The predicted molar refractivity (Wildman–Crippen MR) is 46.0 cm³/mol. The summed E-state index contributed by atoms with van der Waals surface area (Å²) in [5.74, 6) is 0. The van der Waals surface area contributed by atoms with Gasteiger partial charge in [0.15, 0.2) is 6.07 Å². The Morgan fingerprint density at radius 2 is 1.85 bits per heavy atom. The van der Waals surface area contributed by atoms with E-state index >= 15 is 0 Å². The molecule has 5 nitrogen and oxygen atoms in total. The predicted octanol–water partition coefficient (Wildman–Crippen LogP) is 0.768. The molecule has 0 aromatic heterocycles. The molecule has 0 atom stereocenters. The molecule has 1 rings (SSSR count). The Kier molecular flexibility index (Phi) is 1.69. The highest BCUT2D eigenvalue weighted by Gasteiger charge is 2.66. The molecule has 0 fully saturated rings. The first kappa shape index (κ1) is 9.65. The van der Waals surface area contributed by atoms with Gasteiger partial charge in [-0.15, -0.1) is 4.74 Å². The lowest BCUT2D eigenvalue weighted by molar-refractivity contribution is -0.796. The van der Waals surface area contributed by atoms with Gasteiger partial charge in [0.1, 0.15) is 0 Å². The molecule has 0 N–H and O–H groups in total.